The van der Waals surface area contributed by atoms with Gasteiger partial charge in [-0.2, -0.15) is 0 Å². The van der Waals surface area contributed by atoms with Crippen LogP contribution in [0.5, 0.6) is 0 Å². The summed E-state index contributed by atoms with van der Waals surface area (Å²) in [5.41, 5.74) is 0.692. The average Bonchev–Trinajstić information content (AvgIpc) is 2.68. The van der Waals surface area contributed by atoms with Gasteiger partial charge in [-0.05, 0) is 39.8 Å². The Hall–Kier alpha value is -1.24. The molecule has 1 atom stereocenters. The molecule has 3 rings (SSSR count). The Balaban J connectivity index is 1.82. The van der Waals surface area contributed by atoms with Crippen molar-refractivity contribution in [2.75, 3.05) is 6.61 Å². The first-order valence-corrected chi connectivity index (χ1v) is 7.74. The molecule has 0 aliphatic carbocycles. The fraction of sp³-hybridized carbons (Fsp3) is 0.625. The molecule has 118 valence electrons. The van der Waals surface area contributed by atoms with E-state index in [1.807, 2.05) is 45.9 Å². The van der Waals surface area contributed by atoms with Gasteiger partial charge in [0.1, 0.15) is 11.9 Å². The molecule has 2 aliphatic heterocycles. The molecular weight excluding hydrogens is 281 g/mol. The van der Waals surface area contributed by atoms with E-state index in [-0.39, 0.29) is 11.9 Å². The molecule has 1 aromatic rings. The summed E-state index contributed by atoms with van der Waals surface area (Å²) in [6.07, 6.45) is 0.622. The number of aromatic nitrogens is 1. The van der Waals surface area contributed by atoms with Crippen LogP contribution in [0.1, 0.15) is 52.3 Å². The van der Waals surface area contributed by atoms with Crippen LogP contribution in [-0.4, -0.2) is 35.7 Å². The van der Waals surface area contributed by atoms with Crippen LogP contribution in [-0.2, 0) is 18.8 Å². The second-order valence-corrected chi connectivity index (χ2v) is 6.93. The zero-order valence-electron chi connectivity index (χ0n) is 13.6. The molecule has 1 unspecified atom stereocenters. The van der Waals surface area contributed by atoms with Crippen LogP contribution in [0.3, 0.4) is 0 Å². The van der Waals surface area contributed by atoms with Crippen LogP contribution < -0.4 is 5.59 Å². The molecule has 6 heteroatoms. The van der Waals surface area contributed by atoms with Crippen molar-refractivity contribution >= 4 is 18.5 Å². The van der Waals surface area contributed by atoms with Gasteiger partial charge in [0.15, 0.2) is 0 Å². The van der Waals surface area contributed by atoms with E-state index in [0.717, 1.165) is 11.3 Å². The average molecular weight is 303 g/mol. The Labute approximate surface area is 131 Å². The Morgan fingerprint density at radius 2 is 1.86 bits per heavy atom. The Morgan fingerprint density at radius 1 is 1.18 bits per heavy atom. The summed E-state index contributed by atoms with van der Waals surface area (Å²) in [6.45, 7) is 8.52. The zero-order chi connectivity index (χ0) is 16.0. The summed E-state index contributed by atoms with van der Waals surface area (Å²) in [6, 6.07) is 5.68. The van der Waals surface area contributed by atoms with Crippen molar-refractivity contribution in [3.05, 3.63) is 23.9 Å². The lowest BCUT2D eigenvalue weighted by Crippen LogP contribution is -2.41. The van der Waals surface area contributed by atoms with Crippen LogP contribution in [0.4, 0.5) is 0 Å². The fourth-order valence-corrected chi connectivity index (χ4v) is 2.62. The molecule has 3 heterocycles. The van der Waals surface area contributed by atoms with Crippen molar-refractivity contribution in [1.82, 2.24) is 4.98 Å². The summed E-state index contributed by atoms with van der Waals surface area (Å²) in [7, 11) is -0.496. The number of pyridine rings is 1. The smallest absolute Gasteiger partial charge is 0.398 e. The lowest BCUT2D eigenvalue weighted by Gasteiger charge is -2.32. The van der Waals surface area contributed by atoms with E-state index < -0.39 is 18.3 Å². The van der Waals surface area contributed by atoms with Gasteiger partial charge < -0.3 is 14.0 Å². The summed E-state index contributed by atoms with van der Waals surface area (Å²) in [5.74, 6) is 0.221. The second kappa shape index (κ2) is 5.44. The Morgan fingerprint density at radius 3 is 2.50 bits per heavy atom. The minimum Gasteiger partial charge on any atom is -0.398 e. The molecule has 1 aromatic heterocycles. The number of Topliss-reactive ketones (excluding diaryl/α,β-unsaturated/α-hetero) is 1. The molecule has 0 saturated carbocycles. The Kier molecular flexibility index (Phi) is 3.87. The van der Waals surface area contributed by atoms with Gasteiger partial charge in [0.05, 0.1) is 29.1 Å². The summed E-state index contributed by atoms with van der Waals surface area (Å²) >= 11 is 0. The van der Waals surface area contributed by atoms with Crippen molar-refractivity contribution in [3.63, 3.8) is 0 Å². The van der Waals surface area contributed by atoms with Crippen molar-refractivity contribution in [2.45, 2.75) is 57.8 Å². The van der Waals surface area contributed by atoms with Gasteiger partial charge in [0, 0.05) is 12.8 Å². The second-order valence-electron chi connectivity index (χ2n) is 6.93. The fourth-order valence-electron chi connectivity index (χ4n) is 2.62. The monoisotopic (exact) mass is 303 g/mol. The molecule has 2 aliphatic rings. The van der Waals surface area contributed by atoms with Gasteiger partial charge in [-0.1, -0.05) is 6.07 Å². The maximum atomic E-state index is 11.6. The van der Waals surface area contributed by atoms with Crippen LogP contribution in [0.25, 0.3) is 0 Å². The topological polar surface area (TPSA) is 57.7 Å². The highest BCUT2D eigenvalue weighted by Gasteiger charge is 2.52. The lowest BCUT2D eigenvalue weighted by molar-refractivity contribution is -0.128. The number of ketones is 1. The van der Waals surface area contributed by atoms with Crippen LogP contribution in [0.15, 0.2) is 18.2 Å². The largest absolute Gasteiger partial charge is 0.514 e. The molecular formula is C16H22BNO4. The predicted molar refractivity (Wildman–Crippen MR) is 82.9 cm³/mol. The van der Waals surface area contributed by atoms with Gasteiger partial charge in [-0.25, -0.2) is 0 Å². The standard InChI is InChI=1S/C16H22BNO4/c1-15(2)16(3,4)22-17(21-15)14-7-5-6-12(18-14)13-10-11(19)8-9-20-13/h5-7,13H,8-10H2,1-4H3. The molecule has 22 heavy (non-hydrogen) atoms. The van der Waals surface area contributed by atoms with Crippen LogP contribution in [0, 0.1) is 0 Å². The van der Waals surface area contributed by atoms with E-state index in [0.29, 0.717) is 19.4 Å². The van der Waals surface area contributed by atoms with E-state index in [4.69, 9.17) is 14.0 Å². The van der Waals surface area contributed by atoms with Gasteiger partial charge >= 0.3 is 7.12 Å². The van der Waals surface area contributed by atoms with E-state index >= 15 is 0 Å². The van der Waals surface area contributed by atoms with Gasteiger partial charge in [-0.15, -0.1) is 0 Å². The van der Waals surface area contributed by atoms with Crippen LogP contribution >= 0.6 is 0 Å². The molecule has 0 amide bonds. The Bertz CT molecular complexity index is 571. The molecule has 0 N–H and O–H groups in total. The van der Waals surface area contributed by atoms with Crippen LogP contribution in [0.2, 0.25) is 0 Å². The number of nitrogens with zero attached hydrogens (tertiary/aromatic N) is 1. The number of ether oxygens (including phenoxy) is 1. The van der Waals surface area contributed by atoms with Gasteiger partial charge in [-0.3, -0.25) is 9.78 Å². The number of carbonyl (C=O) groups is 1. The van der Waals surface area contributed by atoms with Crippen molar-refractivity contribution in [1.29, 1.82) is 0 Å². The van der Waals surface area contributed by atoms with E-state index in [1.54, 1.807) is 0 Å². The first-order valence-electron chi connectivity index (χ1n) is 7.74. The number of hydrogen-bond donors (Lipinski definition) is 0. The quantitative estimate of drug-likeness (QED) is 0.780. The first kappa shape index (κ1) is 15.7. The number of rotatable bonds is 2. The summed E-state index contributed by atoms with van der Waals surface area (Å²) in [4.78, 5) is 16.2. The summed E-state index contributed by atoms with van der Waals surface area (Å²) < 4.78 is 17.7. The minimum absolute atomic E-state index is 0.221. The van der Waals surface area contributed by atoms with Crippen molar-refractivity contribution < 1.29 is 18.8 Å². The molecule has 0 radical (unpaired) electrons. The third kappa shape index (κ3) is 2.83. The van der Waals surface area contributed by atoms with Crippen molar-refractivity contribution in [3.8, 4) is 0 Å². The van der Waals surface area contributed by atoms with Crippen molar-refractivity contribution in [2.24, 2.45) is 0 Å². The lowest BCUT2D eigenvalue weighted by atomic mass is 9.84. The number of carbonyl (C=O) groups excluding carboxylic acids is 1. The normalized spacial score (nSPS) is 27.2. The molecule has 2 saturated heterocycles. The predicted octanol–water partition coefficient (Wildman–Crippen LogP) is 1.80. The molecule has 0 spiro atoms. The third-order valence-corrected chi connectivity index (χ3v) is 4.73. The number of hydrogen-bond acceptors (Lipinski definition) is 5. The first-order chi connectivity index (χ1) is 10.3. The van der Waals surface area contributed by atoms with E-state index in [2.05, 4.69) is 4.98 Å². The molecule has 5 nitrogen and oxygen atoms in total. The molecule has 0 bridgehead atoms. The highest BCUT2D eigenvalue weighted by atomic mass is 16.7. The molecule has 0 aromatic carbocycles. The maximum absolute atomic E-state index is 11.6. The zero-order valence-corrected chi connectivity index (χ0v) is 13.6. The SMILES string of the molecule is CC1(C)OB(c2cccc(C3CC(=O)CCO3)n2)OC1(C)C. The third-order valence-electron chi connectivity index (χ3n) is 4.73. The minimum atomic E-state index is -0.496. The highest BCUT2D eigenvalue weighted by Crippen LogP contribution is 2.36. The van der Waals surface area contributed by atoms with E-state index in [9.17, 15) is 4.79 Å². The molecule has 2 fully saturated rings. The van der Waals surface area contributed by atoms with Gasteiger partial charge in [0.25, 0.3) is 0 Å². The van der Waals surface area contributed by atoms with E-state index in [1.165, 1.54) is 0 Å². The summed E-state index contributed by atoms with van der Waals surface area (Å²) in [5, 5.41) is 0. The maximum Gasteiger partial charge on any atom is 0.514 e. The highest BCUT2D eigenvalue weighted by molar-refractivity contribution is 6.61. The van der Waals surface area contributed by atoms with Gasteiger partial charge in [0.2, 0.25) is 0 Å².